The first-order chi connectivity index (χ1) is 13.7. The van der Waals surface area contributed by atoms with Crippen LogP contribution in [0.4, 0.5) is 0 Å². The third kappa shape index (κ3) is 4.66. The number of thioether (sulfide) groups is 1. The first-order valence-electron chi connectivity index (χ1n) is 10.3. The largest absolute Gasteiger partial charge is 0.306 e. The molecule has 4 nitrogen and oxygen atoms in total. The molecule has 4 rings (SSSR count). The van der Waals surface area contributed by atoms with Crippen molar-refractivity contribution < 1.29 is 0 Å². The summed E-state index contributed by atoms with van der Waals surface area (Å²) < 4.78 is 2.30. The van der Waals surface area contributed by atoms with Crippen molar-refractivity contribution in [2.45, 2.75) is 69.8 Å². The third-order valence-corrected chi connectivity index (χ3v) is 7.41. The Morgan fingerprint density at radius 2 is 2.04 bits per heavy atom. The highest BCUT2D eigenvalue weighted by Gasteiger charge is 2.19. The standard InChI is InChI=1S/C22H28N4S2/c1-3-26-20(13-17-9-5-4-6-10-17)24-25-22(26)28-15-19-14-27-21(23-19)18-11-7-8-16(2)12-18/h7-8,11-12,14,17H,3-6,9-10,13,15H2,1-2H3. The number of nitrogens with zero attached hydrogens (tertiary/aromatic N) is 4. The summed E-state index contributed by atoms with van der Waals surface area (Å²) in [5, 5.41) is 13.3. The van der Waals surface area contributed by atoms with E-state index in [0.717, 1.165) is 46.3 Å². The minimum absolute atomic E-state index is 0.788. The van der Waals surface area contributed by atoms with Crippen LogP contribution < -0.4 is 0 Å². The SMILES string of the molecule is CCn1c(CC2CCCCC2)nnc1SCc1csc(-c2cccc(C)c2)n1. The van der Waals surface area contributed by atoms with Crippen molar-refractivity contribution in [1.29, 1.82) is 0 Å². The van der Waals surface area contributed by atoms with E-state index in [2.05, 4.69) is 58.3 Å². The molecule has 2 aromatic heterocycles. The maximum absolute atomic E-state index is 4.83. The van der Waals surface area contributed by atoms with Gasteiger partial charge in [-0.15, -0.1) is 21.5 Å². The number of hydrogen-bond donors (Lipinski definition) is 0. The van der Waals surface area contributed by atoms with Gasteiger partial charge in [0.25, 0.3) is 0 Å². The fraction of sp³-hybridized carbons (Fsp3) is 0.500. The zero-order chi connectivity index (χ0) is 19.3. The number of rotatable bonds is 7. The Bertz CT molecular complexity index is 909. The Morgan fingerprint density at radius 3 is 2.82 bits per heavy atom. The minimum Gasteiger partial charge on any atom is -0.306 e. The molecule has 0 aliphatic heterocycles. The summed E-state index contributed by atoms with van der Waals surface area (Å²) in [6.45, 7) is 5.25. The smallest absolute Gasteiger partial charge is 0.191 e. The van der Waals surface area contributed by atoms with Crippen LogP contribution in [0.1, 0.15) is 56.1 Å². The number of aryl methyl sites for hydroxylation is 1. The van der Waals surface area contributed by atoms with E-state index >= 15 is 0 Å². The molecule has 1 aliphatic rings. The van der Waals surface area contributed by atoms with Crippen molar-refractivity contribution >= 4 is 23.1 Å². The molecule has 0 saturated heterocycles. The Kier molecular flexibility index (Phi) is 6.47. The maximum Gasteiger partial charge on any atom is 0.191 e. The van der Waals surface area contributed by atoms with E-state index in [4.69, 9.17) is 4.98 Å². The molecule has 0 amide bonds. The molecular formula is C22H28N4S2. The van der Waals surface area contributed by atoms with Gasteiger partial charge in [0.1, 0.15) is 10.8 Å². The van der Waals surface area contributed by atoms with Crippen LogP contribution in [0.3, 0.4) is 0 Å². The molecular weight excluding hydrogens is 384 g/mol. The van der Waals surface area contributed by atoms with Crippen LogP contribution in [0.5, 0.6) is 0 Å². The molecule has 0 N–H and O–H groups in total. The average Bonchev–Trinajstić information content (AvgIpc) is 3.34. The molecule has 6 heteroatoms. The molecule has 0 unspecified atom stereocenters. The van der Waals surface area contributed by atoms with Gasteiger partial charge in [-0.25, -0.2) is 4.98 Å². The van der Waals surface area contributed by atoms with Gasteiger partial charge in [-0.1, -0.05) is 67.6 Å². The van der Waals surface area contributed by atoms with Crippen LogP contribution in [-0.2, 0) is 18.7 Å². The molecule has 1 saturated carbocycles. The Labute approximate surface area is 175 Å². The Balaban J connectivity index is 1.41. The van der Waals surface area contributed by atoms with Crippen molar-refractivity contribution in [3.63, 3.8) is 0 Å². The summed E-state index contributed by atoms with van der Waals surface area (Å²) in [5.74, 6) is 2.79. The van der Waals surface area contributed by atoms with Crippen LogP contribution in [0, 0.1) is 12.8 Å². The van der Waals surface area contributed by atoms with Crippen LogP contribution in [0.2, 0.25) is 0 Å². The average molecular weight is 413 g/mol. The summed E-state index contributed by atoms with van der Waals surface area (Å²) in [6.07, 6.45) is 7.92. The molecule has 0 atom stereocenters. The topological polar surface area (TPSA) is 43.6 Å². The van der Waals surface area contributed by atoms with Gasteiger partial charge in [0.05, 0.1) is 5.69 Å². The Hall–Kier alpha value is -1.66. The van der Waals surface area contributed by atoms with Crippen molar-refractivity contribution in [3.8, 4) is 10.6 Å². The fourth-order valence-electron chi connectivity index (χ4n) is 3.97. The molecule has 1 aliphatic carbocycles. The van der Waals surface area contributed by atoms with Gasteiger partial charge in [-0.05, 0) is 25.8 Å². The first kappa shape index (κ1) is 19.6. The highest BCUT2D eigenvalue weighted by Crippen LogP contribution is 2.30. The minimum atomic E-state index is 0.788. The van der Waals surface area contributed by atoms with Gasteiger partial charge < -0.3 is 4.57 Å². The van der Waals surface area contributed by atoms with Crippen molar-refractivity contribution in [1.82, 2.24) is 19.7 Å². The van der Waals surface area contributed by atoms with Gasteiger partial charge in [0.2, 0.25) is 0 Å². The zero-order valence-corrected chi connectivity index (χ0v) is 18.4. The van der Waals surface area contributed by atoms with E-state index < -0.39 is 0 Å². The summed E-state index contributed by atoms with van der Waals surface area (Å²) in [7, 11) is 0. The van der Waals surface area contributed by atoms with E-state index in [-0.39, 0.29) is 0 Å². The summed E-state index contributed by atoms with van der Waals surface area (Å²) in [5.41, 5.74) is 3.59. The highest BCUT2D eigenvalue weighted by molar-refractivity contribution is 7.98. The number of benzene rings is 1. The quantitative estimate of drug-likeness (QED) is 0.437. The summed E-state index contributed by atoms with van der Waals surface area (Å²) in [6, 6.07) is 8.55. The molecule has 0 spiro atoms. The van der Waals surface area contributed by atoms with E-state index in [1.807, 2.05) is 0 Å². The molecule has 1 aromatic carbocycles. The van der Waals surface area contributed by atoms with Crippen molar-refractivity contribution in [2.24, 2.45) is 5.92 Å². The maximum atomic E-state index is 4.83. The van der Waals surface area contributed by atoms with Gasteiger partial charge in [-0.3, -0.25) is 0 Å². The van der Waals surface area contributed by atoms with Crippen LogP contribution in [0.25, 0.3) is 10.6 Å². The lowest BCUT2D eigenvalue weighted by atomic mass is 9.87. The van der Waals surface area contributed by atoms with Crippen molar-refractivity contribution in [2.75, 3.05) is 0 Å². The van der Waals surface area contributed by atoms with E-state index in [1.165, 1.54) is 43.2 Å². The number of aromatic nitrogens is 4. The summed E-state index contributed by atoms with van der Waals surface area (Å²) >= 11 is 3.47. The lowest BCUT2D eigenvalue weighted by molar-refractivity contribution is 0.347. The molecule has 148 valence electrons. The normalized spacial score (nSPS) is 15.2. The van der Waals surface area contributed by atoms with Gasteiger partial charge >= 0.3 is 0 Å². The lowest BCUT2D eigenvalue weighted by Crippen LogP contribution is -2.13. The van der Waals surface area contributed by atoms with Gasteiger partial charge in [0, 0.05) is 29.7 Å². The molecule has 1 fully saturated rings. The molecule has 3 aromatic rings. The first-order valence-corrected chi connectivity index (χ1v) is 12.2. The monoisotopic (exact) mass is 412 g/mol. The number of thiazole rings is 1. The van der Waals surface area contributed by atoms with Gasteiger partial charge in [-0.2, -0.15) is 0 Å². The van der Waals surface area contributed by atoms with Crippen molar-refractivity contribution in [3.05, 3.63) is 46.7 Å². The second-order valence-electron chi connectivity index (χ2n) is 7.65. The van der Waals surface area contributed by atoms with E-state index in [9.17, 15) is 0 Å². The molecule has 0 radical (unpaired) electrons. The molecule has 2 heterocycles. The second kappa shape index (κ2) is 9.23. The third-order valence-electron chi connectivity index (χ3n) is 5.47. The summed E-state index contributed by atoms with van der Waals surface area (Å²) in [4.78, 5) is 4.83. The predicted molar refractivity (Wildman–Crippen MR) is 118 cm³/mol. The van der Waals surface area contributed by atoms with Crippen LogP contribution >= 0.6 is 23.1 Å². The Morgan fingerprint density at radius 1 is 1.18 bits per heavy atom. The van der Waals surface area contributed by atoms with E-state index in [0.29, 0.717) is 0 Å². The highest BCUT2D eigenvalue weighted by atomic mass is 32.2. The molecule has 28 heavy (non-hydrogen) atoms. The predicted octanol–water partition coefficient (Wildman–Crippen LogP) is 6.15. The van der Waals surface area contributed by atoms with Gasteiger partial charge in [0.15, 0.2) is 5.16 Å². The second-order valence-corrected chi connectivity index (χ2v) is 9.45. The van der Waals surface area contributed by atoms with Crippen LogP contribution in [0.15, 0.2) is 34.8 Å². The number of hydrogen-bond acceptors (Lipinski definition) is 5. The molecule has 0 bridgehead atoms. The van der Waals surface area contributed by atoms with E-state index in [1.54, 1.807) is 23.1 Å². The van der Waals surface area contributed by atoms with Crippen LogP contribution in [-0.4, -0.2) is 19.7 Å². The fourth-order valence-corrected chi connectivity index (χ4v) is 5.80. The zero-order valence-electron chi connectivity index (χ0n) is 16.7. The lowest BCUT2D eigenvalue weighted by Gasteiger charge is -2.21.